The number of piperazine rings is 1. The van der Waals surface area contributed by atoms with Crippen molar-refractivity contribution in [2.24, 2.45) is 0 Å². The maximum Gasteiger partial charge on any atom is 0.339 e. The van der Waals surface area contributed by atoms with E-state index in [4.69, 9.17) is 4.74 Å². The summed E-state index contributed by atoms with van der Waals surface area (Å²) in [6.45, 7) is 5.08. The third-order valence-corrected chi connectivity index (χ3v) is 5.63. The Labute approximate surface area is 186 Å². The average molecular weight is 437 g/mol. The first-order valence-electron chi connectivity index (χ1n) is 10.7. The number of rotatable bonds is 6. The van der Waals surface area contributed by atoms with Crippen molar-refractivity contribution in [3.63, 3.8) is 0 Å². The molecule has 1 aliphatic rings. The molecule has 0 aliphatic carbocycles. The molecule has 1 fully saturated rings. The van der Waals surface area contributed by atoms with E-state index < -0.39 is 0 Å². The van der Waals surface area contributed by atoms with E-state index in [1.807, 2.05) is 6.07 Å². The van der Waals surface area contributed by atoms with Crippen LogP contribution in [0.15, 0.2) is 66.9 Å². The molecule has 0 unspecified atom stereocenters. The molecule has 0 N–H and O–H groups in total. The number of hydrogen-bond acceptors (Lipinski definition) is 5. The maximum absolute atomic E-state index is 13.5. The van der Waals surface area contributed by atoms with Crippen LogP contribution in [-0.4, -0.2) is 48.6 Å². The van der Waals surface area contributed by atoms with Gasteiger partial charge < -0.3 is 9.64 Å². The fourth-order valence-electron chi connectivity index (χ4n) is 4.02. The largest absolute Gasteiger partial charge is 0.462 e. The van der Waals surface area contributed by atoms with Crippen molar-refractivity contribution in [3.8, 4) is 0 Å². The Hall–Kier alpha value is -3.32. The maximum atomic E-state index is 13.5. The van der Waals surface area contributed by atoms with Crippen molar-refractivity contribution < 1.29 is 18.3 Å². The van der Waals surface area contributed by atoms with Crippen LogP contribution in [0.3, 0.4) is 0 Å². The summed E-state index contributed by atoms with van der Waals surface area (Å²) in [4.78, 5) is 20.7. The standard InChI is InChI=1S/C25H25F2N3O2/c1-2-32-25(31)20-7-12-23(28-17-20)29-13-15-30(16-14-29)24(18-3-8-21(26)9-4-18)19-5-10-22(27)11-6-19/h3-12,17,24H,2,13-16H2,1H3. The van der Waals surface area contributed by atoms with Crippen LogP contribution in [0.1, 0.15) is 34.5 Å². The molecule has 1 aromatic heterocycles. The van der Waals surface area contributed by atoms with Gasteiger partial charge in [0.25, 0.3) is 0 Å². The van der Waals surface area contributed by atoms with Gasteiger partial charge >= 0.3 is 5.97 Å². The highest BCUT2D eigenvalue weighted by Crippen LogP contribution is 2.30. The Kier molecular flexibility index (Phi) is 6.75. The van der Waals surface area contributed by atoms with Crippen LogP contribution in [0.5, 0.6) is 0 Å². The van der Waals surface area contributed by atoms with Crippen LogP contribution in [-0.2, 0) is 4.74 Å². The minimum atomic E-state index is -0.377. The minimum absolute atomic E-state index is 0.0995. The smallest absolute Gasteiger partial charge is 0.339 e. The third kappa shape index (κ3) is 4.94. The molecule has 1 saturated heterocycles. The summed E-state index contributed by atoms with van der Waals surface area (Å²) in [5.41, 5.74) is 2.36. The molecular weight excluding hydrogens is 412 g/mol. The van der Waals surface area contributed by atoms with Crippen LogP contribution in [0.2, 0.25) is 0 Å². The van der Waals surface area contributed by atoms with Crippen molar-refractivity contribution in [3.05, 3.63) is 95.2 Å². The second kappa shape index (κ2) is 9.87. The summed E-state index contributed by atoms with van der Waals surface area (Å²) in [7, 11) is 0. The number of halogens is 2. The topological polar surface area (TPSA) is 45.7 Å². The Morgan fingerprint density at radius 2 is 1.47 bits per heavy atom. The Balaban J connectivity index is 1.49. The number of esters is 1. The number of pyridine rings is 1. The number of aromatic nitrogens is 1. The predicted molar refractivity (Wildman–Crippen MR) is 119 cm³/mol. The van der Waals surface area contributed by atoms with E-state index in [0.29, 0.717) is 12.2 Å². The third-order valence-electron chi connectivity index (χ3n) is 5.63. The van der Waals surface area contributed by atoms with Crippen molar-refractivity contribution in [2.45, 2.75) is 13.0 Å². The number of carbonyl (C=O) groups is 1. The molecular formula is C25H25F2N3O2. The molecule has 0 amide bonds. The van der Waals surface area contributed by atoms with Crippen molar-refractivity contribution in [1.82, 2.24) is 9.88 Å². The second-order valence-electron chi connectivity index (χ2n) is 7.65. The molecule has 0 saturated carbocycles. The van der Waals surface area contributed by atoms with Gasteiger partial charge in [-0.1, -0.05) is 24.3 Å². The highest BCUT2D eigenvalue weighted by molar-refractivity contribution is 5.89. The van der Waals surface area contributed by atoms with E-state index in [0.717, 1.165) is 43.1 Å². The summed E-state index contributed by atoms with van der Waals surface area (Å²) < 4.78 is 32.0. The molecule has 166 valence electrons. The van der Waals surface area contributed by atoms with Gasteiger partial charge in [-0.15, -0.1) is 0 Å². The minimum Gasteiger partial charge on any atom is -0.462 e. The number of benzene rings is 2. The van der Waals surface area contributed by atoms with E-state index in [1.54, 1.807) is 43.5 Å². The van der Waals surface area contributed by atoms with Gasteiger partial charge in [0.15, 0.2) is 0 Å². The second-order valence-corrected chi connectivity index (χ2v) is 7.65. The molecule has 0 radical (unpaired) electrons. The van der Waals surface area contributed by atoms with Crippen LogP contribution >= 0.6 is 0 Å². The lowest BCUT2D eigenvalue weighted by atomic mass is 9.96. The van der Waals surface area contributed by atoms with E-state index >= 15 is 0 Å². The monoisotopic (exact) mass is 437 g/mol. The number of hydrogen-bond donors (Lipinski definition) is 0. The van der Waals surface area contributed by atoms with Crippen LogP contribution in [0.25, 0.3) is 0 Å². The molecule has 4 rings (SSSR count). The molecule has 7 heteroatoms. The first kappa shape index (κ1) is 21.9. The lowest BCUT2D eigenvalue weighted by Crippen LogP contribution is -2.48. The molecule has 2 aromatic carbocycles. The van der Waals surface area contributed by atoms with Gasteiger partial charge in [0, 0.05) is 32.4 Å². The van der Waals surface area contributed by atoms with Crippen LogP contribution in [0, 0.1) is 11.6 Å². The zero-order valence-electron chi connectivity index (χ0n) is 17.9. The Morgan fingerprint density at radius 3 is 1.94 bits per heavy atom. The molecule has 32 heavy (non-hydrogen) atoms. The number of ether oxygens (including phenoxy) is 1. The zero-order valence-corrected chi connectivity index (χ0v) is 17.9. The zero-order chi connectivity index (χ0) is 22.5. The van der Waals surface area contributed by atoms with Crippen molar-refractivity contribution >= 4 is 11.8 Å². The summed E-state index contributed by atoms with van der Waals surface area (Å²) in [6.07, 6.45) is 1.54. The summed E-state index contributed by atoms with van der Waals surface area (Å²) >= 11 is 0. The highest BCUT2D eigenvalue weighted by Gasteiger charge is 2.27. The molecule has 3 aromatic rings. The highest BCUT2D eigenvalue weighted by atomic mass is 19.1. The molecule has 2 heterocycles. The van der Waals surface area contributed by atoms with Gasteiger partial charge in [0.1, 0.15) is 17.5 Å². The van der Waals surface area contributed by atoms with Gasteiger partial charge in [-0.2, -0.15) is 0 Å². The normalized spacial score (nSPS) is 14.6. The molecule has 1 aliphatic heterocycles. The van der Waals surface area contributed by atoms with Gasteiger partial charge in [0.05, 0.1) is 18.2 Å². The average Bonchev–Trinajstić information content (AvgIpc) is 2.82. The number of anilines is 1. The molecule has 5 nitrogen and oxygen atoms in total. The Morgan fingerprint density at radius 1 is 0.906 bits per heavy atom. The molecule has 0 atom stereocenters. The Bertz CT molecular complexity index is 987. The lowest BCUT2D eigenvalue weighted by molar-refractivity contribution is 0.0526. The van der Waals surface area contributed by atoms with Gasteiger partial charge in [-0.05, 0) is 54.4 Å². The van der Waals surface area contributed by atoms with E-state index in [2.05, 4.69) is 14.8 Å². The van der Waals surface area contributed by atoms with Gasteiger partial charge in [-0.25, -0.2) is 18.6 Å². The van der Waals surface area contributed by atoms with E-state index in [-0.39, 0.29) is 23.6 Å². The fourth-order valence-corrected chi connectivity index (χ4v) is 4.02. The van der Waals surface area contributed by atoms with E-state index in [9.17, 15) is 13.6 Å². The van der Waals surface area contributed by atoms with Gasteiger partial charge in [0.2, 0.25) is 0 Å². The van der Waals surface area contributed by atoms with Gasteiger partial charge in [-0.3, -0.25) is 4.90 Å². The predicted octanol–water partition coefficient (Wildman–Crippen LogP) is 4.45. The van der Waals surface area contributed by atoms with Crippen molar-refractivity contribution in [2.75, 3.05) is 37.7 Å². The summed E-state index contributed by atoms with van der Waals surface area (Å²) in [6, 6.07) is 16.4. The first-order valence-corrected chi connectivity index (χ1v) is 10.7. The first-order chi connectivity index (χ1) is 15.5. The lowest BCUT2D eigenvalue weighted by Gasteiger charge is -2.40. The molecule has 0 bridgehead atoms. The number of nitrogens with zero attached hydrogens (tertiary/aromatic N) is 3. The van der Waals surface area contributed by atoms with Crippen LogP contribution < -0.4 is 4.90 Å². The van der Waals surface area contributed by atoms with Crippen molar-refractivity contribution in [1.29, 1.82) is 0 Å². The van der Waals surface area contributed by atoms with E-state index in [1.165, 1.54) is 24.3 Å². The van der Waals surface area contributed by atoms with Crippen LogP contribution in [0.4, 0.5) is 14.6 Å². The SMILES string of the molecule is CCOC(=O)c1ccc(N2CCN(C(c3ccc(F)cc3)c3ccc(F)cc3)CC2)nc1. The molecule has 0 spiro atoms. The summed E-state index contributed by atoms with van der Waals surface area (Å²) in [5.74, 6) is -0.141. The number of carbonyl (C=O) groups excluding carboxylic acids is 1. The quantitative estimate of drug-likeness (QED) is 0.534. The fraction of sp³-hybridized carbons (Fsp3) is 0.280. The summed E-state index contributed by atoms with van der Waals surface area (Å²) in [5, 5.41) is 0.